The van der Waals surface area contributed by atoms with Crippen LogP contribution in [0.2, 0.25) is 0 Å². The summed E-state index contributed by atoms with van der Waals surface area (Å²) >= 11 is 0. The molecule has 0 amide bonds. The summed E-state index contributed by atoms with van der Waals surface area (Å²) < 4.78 is 5.13. The molecule has 14 heavy (non-hydrogen) atoms. The maximum absolute atomic E-state index is 10.3. The Kier molecular flexibility index (Phi) is 3.65. The molecule has 0 aliphatic rings. The van der Waals surface area contributed by atoms with Crippen molar-refractivity contribution < 1.29 is 14.6 Å². The molecule has 0 saturated carbocycles. The number of carbonyl (C=O) groups is 1. The fraction of sp³-hybridized carbons (Fsp3) is 0.364. The number of benzene rings is 1. The van der Waals surface area contributed by atoms with Crippen LogP contribution in [0.15, 0.2) is 24.3 Å². The zero-order valence-corrected chi connectivity index (χ0v) is 8.36. The molecule has 1 aromatic carbocycles. The first kappa shape index (κ1) is 10.7. The van der Waals surface area contributed by atoms with E-state index in [1.807, 2.05) is 38.1 Å². The fourth-order valence-electron chi connectivity index (χ4n) is 1.13. The lowest BCUT2D eigenvalue weighted by Crippen LogP contribution is -2.09. The Morgan fingerprint density at radius 2 is 2.00 bits per heavy atom. The monoisotopic (exact) mass is 194 g/mol. The normalized spacial score (nSPS) is 12.4. The van der Waals surface area contributed by atoms with Gasteiger partial charge in [0, 0.05) is 0 Å². The summed E-state index contributed by atoms with van der Waals surface area (Å²) in [7, 11) is 0. The van der Waals surface area contributed by atoms with Crippen molar-refractivity contribution in [2.45, 2.75) is 20.0 Å². The second-order valence-corrected chi connectivity index (χ2v) is 3.26. The van der Waals surface area contributed by atoms with E-state index in [9.17, 15) is 4.79 Å². The summed E-state index contributed by atoms with van der Waals surface area (Å²) in [6.07, 6.45) is -0.174. The maximum Gasteiger partial charge on any atom is 0.329 e. The van der Waals surface area contributed by atoms with Gasteiger partial charge < -0.3 is 9.84 Å². The molecule has 0 aliphatic heterocycles. The lowest BCUT2D eigenvalue weighted by Gasteiger charge is -2.11. The van der Waals surface area contributed by atoms with Crippen LogP contribution in [0.3, 0.4) is 0 Å². The molecule has 0 radical (unpaired) electrons. The van der Waals surface area contributed by atoms with Crippen LogP contribution in [0.1, 0.15) is 24.2 Å². The topological polar surface area (TPSA) is 46.5 Å². The van der Waals surface area contributed by atoms with E-state index in [2.05, 4.69) is 0 Å². The predicted molar refractivity (Wildman–Crippen MR) is 53.2 cm³/mol. The van der Waals surface area contributed by atoms with Gasteiger partial charge in [0.1, 0.15) is 6.61 Å². The molecule has 0 aromatic heterocycles. The average Bonchev–Trinajstić information content (AvgIpc) is 2.15. The molecule has 0 fully saturated rings. The molecule has 0 aliphatic carbocycles. The first-order valence-electron chi connectivity index (χ1n) is 4.49. The Morgan fingerprint density at radius 3 is 2.50 bits per heavy atom. The summed E-state index contributed by atoms with van der Waals surface area (Å²) in [6.45, 7) is 3.59. The minimum absolute atomic E-state index is 0.174. The molecular formula is C11H14O3. The Balaban J connectivity index is 2.56. The second-order valence-electron chi connectivity index (χ2n) is 3.26. The number of ether oxygens (including phenoxy) is 1. The highest BCUT2D eigenvalue weighted by atomic mass is 16.5. The average molecular weight is 194 g/mol. The highest BCUT2D eigenvalue weighted by Gasteiger charge is 2.07. The summed E-state index contributed by atoms with van der Waals surface area (Å²) in [5, 5.41) is 8.43. The summed E-state index contributed by atoms with van der Waals surface area (Å²) in [4.78, 5) is 10.3. The molecule has 3 nitrogen and oxygen atoms in total. The smallest absolute Gasteiger partial charge is 0.329 e. The van der Waals surface area contributed by atoms with E-state index in [-0.39, 0.29) is 12.7 Å². The third kappa shape index (κ3) is 3.18. The lowest BCUT2D eigenvalue weighted by atomic mass is 10.1. The molecule has 76 valence electrons. The molecule has 3 heteroatoms. The molecule has 0 bridgehead atoms. The molecule has 0 spiro atoms. The van der Waals surface area contributed by atoms with Gasteiger partial charge in [-0.15, -0.1) is 0 Å². The number of carboxylic acids is 1. The Bertz CT molecular complexity index is 303. The summed E-state index contributed by atoms with van der Waals surface area (Å²) in [5.41, 5.74) is 2.18. The molecular weight excluding hydrogens is 180 g/mol. The number of rotatable bonds is 4. The molecule has 1 rings (SSSR count). The molecule has 1 unspecified atom stereocenters. The second kappa shape index (κ2) is 4.77. The van der Waals surface area contributed by atoms with Gasteiger partial charge in [0.05, 0.1) is 6.10 Å². The lowest BCUT2D eigenvalue weighted by molar-refractivity contribution is -0.144. The molecule has 1 aromatic rings. The first-order valence-corrected chi connectivity index (χ1v) is 4.49. The Morgan fingerprint density at radius 1 is 1.43 bits per heavy atom. The van der Waals surface area contributed by atoms with E-state index in [4.69, 9.17) is 9.84 Å². The Hall–Kier alpha value is -1.35. The number of hydrogen-bond donors (Lipinski definition) is 1. The van der Waals surface area contributed by atoms with E-state index >= 15 is 0 Å². The molecule has 1 N–H and O–H groups in total. The third-order valence-electron chi connectivity index (χ3n) is 2.00. The molecule has 0 heterocycles. The van der Waals surface area contributed by atoms with Gasteiger partial charge >= 0.3 is 5.97 Å². The van der Waals surface area contributed by atoms with E-state index in [1.54, 1.807) is 0 Å². The van der Waals surface area contributed by atoms with Crippen LogP contribution < -0.4 is 0 Å². The SMILES string of the molecule is Cc1ccc(C(C)OCC(=O)O)cc1. The van der Waals surface area contributed by atoms with Crippen molar-refractivity contribution in [1.82, 2.24) is 0 Å². The van der Waals surface area contributed by atoms with Gasteiger partial charge in [-0.3, -0.25) is 0 Å². The molecule has 0 saturated heterocycles. The van der Waals surface area contributed by atoms with E-state index in [0.29, 0.717) is 0 Å². The zero-order chi connectivity index (χ0) is 10.6. The van der Waals surface area contributed by atoms with Crippen LogP contribution in [0.4, 0.5) is 0 Å². The van der Waals surface area contributed by atoms with Gasteiger partial charge in [-0.05, 0) is 19.4 Å². The predicted octanol–water partition coefficient (Wildman–Crippen LogP) is 2.16. The summed E-state index contributed by atoms with van der Waals surface area (Å²) in [5.74, 6) is -0.941. The highest BCUT2D eigenvalue weighted by Crippen LogP contribution is 2.16. The standard InChI is InChI=1S/C11H14O3/c1-8-3-5-10(6-4-8)9(2)14-7-11(12)13/h3-6,9H,7H2,1-2H3,(H,12,13). The summed E-state index contributed by atoms with van der Waals surface area (Å²) in [6, 6.07) is 7.86. The fourth-order valence-corrected chi connectivity index (χ4v) is 1.13. The Labute approximate surface area is 83.3 Å². The van der Waals surface area contributed by atoms with Crippen LogP contribution in [-0.2, 0) is 9.53 Å². The highest BCUT2D eigenvalue weighted by molar-refractivity contribution is 5.68. The molecule has 1 atom stereocenters. The van der Waals surface area contributed by atoms with Gasteiger partial charge in [-0.2, -0.15) is 0 Å². The van der Waals surface area contributed by atoms with Gasteiger partial charge in [-0.1, -0.05) is 29.8 Å². The third-order valence-corrected chi connectivity index (χ3v) is 2.00. The number of aliphatic carboxylic acids is 1. The quantitative estimate of drug-likeness (QED) is 0.798. The van der Waals surface area contributed by atoms with E-state index in [0.717, 1.165) is 5.56 Å². The first-order chi connectivity index (χ1) is 6.59. The van der Waals surface area contributed by atoms with Crippen LogP contribution in [0.25, 0.3) is 0 Å². The van der Waals surface area contributed by atoms with Crippen molar-refractivity contribution >= 4 is 5.97 Å². The van der Waals surface area contributed by atoms with E-state index < -0.39 is 5.97 Å². The van der Waals surface area contributed by atoms with Gasteiger partial charge in [-0.25, -0.2) is 4.79 Å². The van der Waals surface area contributed by atoms with E-state index in [1.165, 1.54) is 5.56 Å². The number of hydrogen-bond acceptors (Lipinski definition) is 2. The van der Waals surface area contributed by atoms with Crippen LogP contribution in [0.5, 0.6) is 0 Å². The van der Waals surface area contributed by atoms with Crippen LogP contribution >= 0.6 is 0 Å². The van der Waals surface area contributed by atoms with Crippen molar-refractivity contribution in [3.63, 3.8) is 0 Å². The number of aryl methyl sites for hydroxylation is 1. The van der Waals surface area contributed by atoms with Crippen LogP contribution in [0, 0.1) is 6.92 Å². The number of carboxylic acid groups (broad SMARTS) is 1. The van der Waals surface area contributed by atoms with Gasteiger partial charge in [0.2, 0.25) is 0 Å². The maximum atomic E-state index is 10.3. The van der Waals surface area contributed by atoms with Crippen LogP contribution in [-0.4, -0.2) is 17.7 Å². The largest absolute Gasteiger partial charge is 0.480 e. The minimum Gasteiger partial charge on any atom is -0.480 e. The van der Waals surface area contributed by atoms with Gasteiger partial charge in [0.25, 0.3) is 0 Å². The van der Waals surface area contributed by atoms with Gasteiger partial charge in [0.15, 0.2) is 0 Å². The minimum atomic E-state index is -0.941. The van der Waals surface area contributed by atoms with Crippen molar-refractivity contribution in [3.8, 4) is 0 Å². The van der Waals surface area contributed by atoms with Crippen molar-refractivity contribution in [2.24, 2.45) is 0 Å². The van der Waals surface area contributed by atoms with Crippen molar-refractivity contribution in [1.29, 1.82) is 0 Å². The zero-order valence-electron chi connectivity index (χ0n) is 8.36. The van der Waals surface area contributed by atoms with Crippen molar-refractivity contribution in [2.75, 3.05) is 6.61 Å². The van der Waals surface area contributed by atoms with Crippen molar-refractivity contribution in [3.05, 3.63) is 35.4 Å².